The highest BCUT2D eigenvalue weighted by molar-refractivity contribution is 6.10. The first-order valence-electron chi connectivity index (χ1n) is 9.99. The van der Waals surface area contributed by atoms with E-state index in [1.807, 2.05) is 27.1 Å². The minimum atomic E-state index is 0.550. The highest BCUT2D eigenvalue weighted by Crippen LogP contribution is 2.28. The van der Waals surface area contributed by atoms with Crippen molar-refractivity contribution in [3.8, 4) is 0 Å². The fraction of sp³-hybridized carbons (Fsp3) is 0.292. The van der Waals surface area contributed by atoms with E-state index in [2.05, 4.69) is 74.6 Å². The topological polar surface area (TPSA) is 50.4 Å². The molecule has 4 heteroatoms. The Morgan fingerprint density at radius 3 is 2.50 bits per heavy atom. The lowest BCUT2D eigenvalue weighted by atomic mass is 10.0. The van der Waals surface area contributed by atoms with Gasteiger partial charge in [-0.2, -0.15) is 0 Å². The second-order valence-corrected chi connectivity index (χ2v) is 7.24. The van der Waals surface area contributed by atoms with Crippen LogP contribution in [0.15, 0.2) is 82.2 Å². The zero-order valence-electron chi connectivity index (χ0n) is 17.8. The third-order valence-electron chi connectivity index (χ3n) is 4.76. The predicted molar refractivity (Wildman–Crippen MR) is 126 cm³/mol. The quantitative estimate of drug-likeness (QED) is 0.523. The smallest absolute Gasteiger partial charge is 0.213 e. The molecule has 28 heavy (non-hydrogen) atoms. The molecule has 0 bridgehead atoms. The van der Waals surface area contributed by atoms with Gasteiger partial charge in [0.05, 0.1) is 11.4 Å². The van der Waals surface area contributed by atoms with Crippen LogP contribution in [-0.2, 0) is 0 Å². The van der Waals surface area contributed by atoms with Crippen LogP contribution in [0.5, 0.6) is 0 Å². The van der Waals surface area contributed by atoms with E-state index in [1.54, 1.807) is 0 Å². The molecule has 1 aliphatic rings. The summed E-state index contributed by atoms with van der Waals surface area (Å²) in [6, 6.07) is 8.70. The van der Waals surface area contributed by atoms with Crippen molar-refractivity contribution in [2.75, 3.05) is 6.54 Å². The van der Waals surface area contributed by atoms with Crippen LogP contribution in [0.4, 0.5) is 0 Å². The molecule has 0 aliphatic carbocycles. The van der Waals surface area contributed by atoms with Gasteiger partial charge >= 0.3 is 0 Å². The monoisotopic (exact) mass is 373 g/mol. The average molecular weight is 373 g/mol. The first-order chi connectivity index (χ1) is 13.5. The first-order valence-corrected chi connectivity index (χ1v) is 9.99. The Bertz CT molecular complexity index is 850. The van der Waals surface area contributed by atoms with E-state index in [-0.39, 0.29) is 0 Å². The number of rotatable bonds is 8. The molecule has 0 radical (unpaired) electrons. The molecule has 3 N–H and O–H groups in total. The van der Waals surface area contributed by atoms with E-state index in [9.17, 15) is 0 Å². The summed E-state index contributed by atoms with van der Waals surface area (Å²) in [6.45, 7) is 9.13. The van der Waals surface area contributed by atoms with E-state index < -0.39 is 0 Å². The SMILES string of the molecule is BNC(=C\C=C/C)/C(CCN)=C1N=C(/C=C/c2ccc(C(C)C)cc2)C=C\1C. The Kier molecular flexibility index (Phi) is 8.28. The molecule has 0 spiro atoms. The van der Waals surface area contributed by atoms with Gasteiger partial charge in [0.2, 0.25) is 7.98 Å². The summed E-state index contributed by atoms with van der Waals surface area (Å²) in [5, 5.41) is 3.29. The van der Waals surface area contributed by atoms with E-state index >= 15 is 0 Å². The molecule has 0 amide bonds. The molecule has 146 valence electrons. The van der Waals surface area contributed by atoms with E-state index in [0.29, 0.717) is 12.5 Å². The summed E-state index contributed by atoms with van der Waals surface area (Å²) in [5.41, 5.74) is 13.8. The van der Waals surface area contributed by atoms with Crippen molar-refractivity contribution >= 4 is 19.8 Å². The van der Waals surface area contributed by atoms with Gasteiger partial charge in [0.15, 0.2) is 0 Å². The van der Waals surface area contributed by atoms with Gasteiger partial charge in [-0.15, -0.1) is 0 Å². The maximum atomic E-state index is 5.88. The van der Waals surface area contributed by atoms with Gasteiger partial charge in [0.1, 0.15) is 0 Å². The number of benzene rings is 1. The lowest BCUT2D eigenvalue weighted by Crippen LogP contribution is -2.14. The van der Waals surface area contributed by atoms with Crippen molar-refractivity contribution in [1.82, 2.24) is 5.23 Å². The first kappa shape index (κ1) is 21.7. The van der Waals surface area contributed by atoms with Crippen LogP contribution in [0, 0.1) is 0 Å². The normalized spacial score (nSPS) is 16.9. The highest BCUT2D eigenvalue weighted by atomic mass is 14.8. The van der Waals surface area contributed by atoms with Crippen molar-refractivity contribution in [3.63, 3.8) is 0 Å². The van der Waals surface area contributed by atoms with E-state index in [4.69, 9.17) is 10.7 Å². The predicted octanol–water partition coefficient (Wildman–Crippen LogP) is 4.42. The Labute approximate surface area is 171 Å². The molecule has 0 saturated heterocycles. The number of allylic oxidation sites excluding steroid dienone is 7. The van der Waals surface area contributed by atoms with Gasteiger partial charge in [0, 0.05) is 11.3 Å². The number of nitrogens with two attached hydrogens (primary N) is 1. The lowest BCUT2D eigenvalue weighted by molar-refractivity contribution is 0.866. The minimum absolute atomic E-state index is 0.550. The molecule has 0 atom stereocenters. The Morgan fingerprint density at radius 1 is 1.21 bits per heavy atom. The fourth-order valence-electron chi connectivity index (χ4n) is 3.16. The van der Waals surface area contributed by atoms with Gasteiger partial charge in [-0.3, -0.25) is 0 Å². The van der Waals surface area contributed by atoms with Crippen molar-refractivity contribution < 1.29 is 0 Å². The number of hydrogen-bond acceptors (Lipinski definition) is 3. The van der Waals surface area contributed by atoms with Crippen LogP contribution in [-0.4, -0.2) is 20.2 Å². The van der Waals surface area contributed by atoms with Crippen LogP contribution < -0.4 is 11.0 Å². The second-order valence-electron chi connectivity index (χ2n) is 7.24. The highest BCUT2D eigenvalue weighted by Gasteiger charge is 2.16. The van der Waals surface area contributed by atoms with Crippen molar-refractivity contribution in [3.05, 3.63) is 88.3 Å². The molecule has 1 aromatic rings. The average Bonchev–Trinajstić information content (AvgIpc) is 3.06. The molecule has 0 unspecified atom stereocenters. The number of aliphatic imine (C=N–C) groups is 1. The third-order valence-corrected chi connectivity index (χ3v) is 4.76. The zero-order valence-corrected chi connectivity index (χ0v) is 17.8. The molecule has 1 aliphatic heterocycles. The van der Waals surface area contributed by atoms with Crippen LogP contribution in [0.3, 0.4) is 0 Å². The molecular weight excluding hydrogens is 341 g/mol. The van der Waals surface area contributed by atoms with Crippen LogP contribution in [0.1, 0.15) is 51.2 Å². The Balaban J connectivity index is 2.32. The molecular formula is C24H32BN3. The van der Waals surface area contributed by atoms with Gasteiger partial charge in [-0.1, -0.05) is 56.3 Å². The van der Waals surface area contributed by atoms with Gasteiger partial charge < -0.3 is 11.0 Å². The summed E-state index contributed by atoms with van der Waals surface area (Å²) >= 11 is 0. The summed E-state index contributed by atoms with van der Waals surface area (Å²) in [7, 11) is 1.94. The summed E-state index contributed by atoms with van der Waals surface area (Å²) in [5.74, 6) is 0.550. The van der Waals surface area contributed by atoms with Gasteiger partial charge in [-0.05, 0) is 67.7 Å². The lowest BCUT2D eigenvalue weighted by Gasteiger charge is -2.14. The van der Waals surface area contributed by atoms with Gasteiger partial charge in [-0.25, -0.2) is 4.99 Å². The molecule has 1 heterocycles. The standard InChI is InChI=1S/C24H32BN3/c1-5-6-7-23(28-25)22(14-15-26)24-18(4)16-21(27-24)13-10-19-8-11-20(12-9-19)17(2)3/h5-13,16-17,28H,14-15,25-26H2,1-4H3/b6-5-,13-10+,23-7-,24-22-. The van der Waals surface area contributed by atoms with E-state index in [0.717, 1.165) is 29.1 Å². The maximum Gasteiger partial charge on any atom is 0.213 e. The van der Waals surface area contributed by atoms with Gasteiger partial charge in [0.25, 0.3) is 0 Å². The number of nitrogens with one attached hydrogen (secondary N) is 1. The van der Waals surface area contributed by atoms with Crippen LogP contribution >= 0.6 is 0 Å². The summed E-state index contributed by atoms with van der Waals surface area (Å²) < 4.78 is 0. The van der Waals surface area contributed by atoms with Crippen molar-refractivity contribution in [2.24, 2.45) is 10.7 Å². The molecule has 0 aromatic heterocycles. The third kappa shape index (κ3) is 5.70. The zero-order chi connectivity index (χ0) is 20.5. The summed E-state index contributed by atoms with van der Waals surface area (Å²) in [4.78, 5) is 4.88. The second kappa shape index (κ2) is 10.7. The van der Waals surface area contributed by atoms with Crippen LogP contribution in [0.25, 0.3) is 6.08 Å². The number of nitrogens with zero attached hydrogens (tertiary/aromatic N) is 1. The molecule has 2 rings (SSSR count). The van der Waals surface area contributed by atoms with Crippen LogP contribution in [0.2, 0.25) is 0 Å². The van der Waals surface area contributed by atoms with E-state index in [1.165, 1.54) is 16.7 Å². The Hall–Kier alpha value is -2.59. The summed E-state index contributed by atoms with van der Waals surface area (Å²) in [6.07, 6.45) is 13.2. The van der Waals surface area contributed by atoms with Crippen molar-refractivity contribution in [2.45, 2.75) is 40.0 Å². The minimum Gasteiger partial charge on any atom is -0.434 e. The molecule has 0 fully saturated rings. The fourth-order valence-corrected chi connectivity index (χ4v) is 3.16. The molecule has 3 nitrogen and oxygen atoms in total. The number of hydrogen-bond donors (Lipinski definition) is 2. The largest absolute Gasteiger partial charge is 0.434 e. The maximum absolute atomic E-state index is 5.88. The molecule has 1 aromatic carbocycles. The van der Waals surface area contributed by atoms with Crippen molar-refractivity contribution in [1.29, 1.82) is 0 Å². The Morgan fingerprint density at radius 2 is 1.93 bits per heavy atom. The molecule has 0 saturated carbocycles.